The number of nitrogens with one attached hydrogen (secondary N) is 2. The predicted octanol–water partition coefficient (Wildman–Crippen LogP) is 3.04. The van der Waals surface area contributed by atoms with Gasteiger partial charge in [0.15, 0.2) is 5.82 Å². The molecule has 0 saturated heterocycles. The molecule has 0 spiro atoms. The highest BCUT2D eigenvalue weighted by Crippen LogP contribution is 2.34. The highest BCUT2D eigenvalue weighted by atomic mass is 19.4. The van der Waals surface area contributed by atoms with Crippen LogP contribution in [0.1, 0.15) is 27.2 Å². The molecule has 0 bridgehead atoms. The van der Waals surface area contributed by atoms with E-state index in [0.717, 1.165) is 6.07 Å². The molecule has 2 N–H and O–H groups in total. The van der Waals surface area contributed by atoms with Crippen molar-refractivity contribution in [1.82, 2.24) is 10.4 Å². The van der Waals surface area contributed by atoms with Crippen LogP contribution in [0.4, 0.5) is 19.0 Å². The Morgan fingerprint density at radius 2 is 1.91 bits per heavy atom. The fraction of sp³-hybridized carbons (Fsp3) is 0.133. The van der Waals surface area contributed by atoms with Crippen LogP contribution in [0.3, 0.4) is 0 Å². The number of carbonyl (C=O) groups excluding carboxylic acids is 1. The van der Waals surface area contributed by atoms with Crippen LogP contribution in [0.25, 0.3) is 0 Å². The zero-order chi connectivity index (χ0) is 17.0. The van der Waals surface area contributed by atoms with Crippen LogP contribution in [0.2, 0.25) is 0 Å². The lowest BCUT2D eigenvalue weighted by Crippen LogP contribution is -2.30. The van der Waals surface area contributed by atoms with E-state index in [1.165, 1.54) is 25.1 Å². The number of carbonyl (C=O) groups is 1. The Morgan fingerprint density at radius 3 is 2.48 bits per heavy atom. The summed E-state index contributed by atoms with van der Waals surface area (Å²) in [6, 6.07) is 10.3. The second-order valence-corrected chi connectivity index (χ2v) is 4.59. The topological polar surface area (TPSA) is 77.8 Å². The molecule has 0 aliphatic rings. The third-order valence-electron chi connectivity index (χ3n) is 2.90. The molecule has 1 heterocycles. The van der Waals surface area contributed by atoms with Gasteiger partial charge in [-0.1, -0.05) is 18.2 Å². The summed E-state index contributed by atoms with van der Waals surface area (Å²) in [5.74, 6) is -0.921. The summed E-state index contributed by atoms with van der Waals surface area (Å²) in [7, 11) is 0. The van der Waals surface area contributed by atoms with Crippen LogP contribution in [-0.4, -0.2) is 10.9 Å². The van der Waals surface area contributed by atoms with Crippen molar-refractivity contribution < 1.29 is 18.0 Å². The highest BCUT2D eigenvalue weighted by molar-refractivity contribution is 5.94. The summed E-state index contributed by atoms with van der Waals surface area (Å²) in [4.78, 5) is 15.7. The van der Waals surface area contributed by atoms with Crippen molar-refractivity contribution in [3.63, 3.8) is 0 Å². The number of anilines is 1. The smallest absolute Gasteiger partial charge is 0.280 e. The first kappa shape index (κ1) is 16.3. The standard InChI is InChI=1S/C15H11F3N4O/c1-9-7-12(15(16,17)18)11(8-19)13(20-9)21-22-14(23)10-5-3-2-4-6-10/h2-7H,1H3,(H,20,21)(H,22,23). The van der Waals surface area contributed by atoms with Gasteiger partial charge in [0.25, 0.3) is 5.91 Å². The molecule has 1 aromatic heterocycles. The third kappa shape index (κ3) is 3.77. The maximum Gasteiger partial charge on any atom is 0.417 e. The average Bonchev–Trinajstić information content (AvgIpc) is 2.52. The van der Waals surface area contributed by atoms with Crippen LogP contribution in [0, 0.1) is 18.3 Å². The minimum Gasteiger partial charge on any atom is -0.280 e. The van der Waals surface area contributed by atoms with Gasteiger partial charge in [-0.2, -0.15) is 18.4 Å². The molecular weight excluding hydrogens is 309 g/mol. The Bertz CT molecular complexity index is 767. The number of hydrazine groups is 1. The summed E-state index contributed by atoms with van der Waals surface area (Å²) in [6.07, 6.45) is -4.70. The Hall–Kier alpha value is -3.08. The van der Waals surface area contributed by atoms with Crippen molar-refractivity contribution in [2.45, 2.75) is 13.1 Å². The zero-order valence-corrected chi connectivity index (χ0v) is 11.9. The number of hydrogen-bond acceptors (Lipinski definition) is 4. The monoisotopic (exact) mass is 320 g/mol. The van der Waals surface area contributed by atoms with E-state index in [-0.39, 0.29) is 11.5 Å². The molecule has 2 rings (SSSR count). The number of hydrogen-bond donors (Lipinski definition) is 2. The second kappa shape index (κ2) is 6.36. The largest absolute Gasteiger partial charge is 0.417 e. The van der Waals surface area contributed by atoms with E-state index in [4.69, 9.17) is 5.26 Å². The van der Waals surface area contributed by atoms with Crippen LogP contribution < -0.4 is 10.9 Å². The fourth-order valence-corrected chi connectivity index (χ4v) is 1.88. The van der Waals surface area contributed by atoms with Gasteiger partial charge < -0.3 is 0 Å². The average molecular weight is 320 g/mol. The van der Waals surface area contributed by atoms with Crippen LogP contribution >= 0.6 is 0 Å². The number of pyridine rings is 1. The molecule has 1 amide bonds. The molecule has 0 radical (unpaired) electrons. The first-order valence-corrected chi connectivity index (χ1v) is 6.43. The first-order valence-electron chi connectivity index (χ1n) is 6.43. The van der Waals surface area contributed by atoms with Gasteiger partial charge in [0, 0.05) is 11.3 Å². The first-order chi connectivity index (χ1) is 10.8. The zero-order valence-electron chi connectivity index (χ0n) is 11.9. The van der Waals surface area contributed by atoms with Gasteiger partial charge in [-0.05, 0) is 25.1 Å². The molecule has 1 aromatic carbocycles. The number of rotatable bonds is 3. The van der Waals surface area contributed by atoms with E-state index in [2.05, 4.69) is 15.8 Å². The third-order valence-corrected chi connectivity index (χ3v) is 2.90. The number of aryl methyl sites for hydroxylation is 1. The van der Waals surface area contributed by atoms with Crippen molar-refractivity contribution >= 4 is 11.7 Å². The molecule has 0 saturated carbocycles. The number of nitrogens with zero attached hydrogens (tertiary/aromatic N) is 2. The van der Waals surface area contributed by atoms with Crippen molar-refractivity contribution in [1.29, 1.82) is 5.26 Å². The van der Waals surface area contributed by atoms with Gasteiger partial charge in [0.05, 0.1) is 5.56 Å². The number of alkyl halides is 3. The van der Waals surface area contributed by atoms with Crippen molar-refractivity contribution in [3.8, 4) is 6.07 Å². The number of aromatic nitrogens is 1. The predicted molar refractivity (Wildman–Crippen MR) is 76.2 cm³/mol. The Morgan fingerprint density at radius 1 is 1.26 bits per heavy atom. The number of halogens is 3. The van der Waals surface area contributed by atoms with Gasteiger partial charge in [-0.15, -0.1) is 0 Å². The lowest BCUT2D eigenvalue weighted by molar-refractivity contribution is -0.137. The summed E-state index contributed by atoms with van der Waals surface area (Å²) in [5.41, 5.74) is 3.09. The van der Waals surface area contributed by atoms with Gasteiger partial charge in [0.2, 0.25) is 0 Å². The molecule has 0 aliphatic carbocycles. The van der Waals surface area contributed by atoms with E-state index in [1.807, 2.05) is 0 Å². The Balaban J connectivity index is 2.29. The quantitative estimate of drug-likeness (QED) is 0.852. The maximum atomic E-state index is 13.0. The molecule has 0 fully saturated rings. The van der Waals surface area contributed by atoms with Gasteiger partial charge >= 0.3 is 6.18 Å². The van der Waals surface area contributed by atoms with Crippen LogP contribution in [-0.2, 0) is 6.18 Å². The van der Waals surface area contributed by atoms with E-state index in [9.17, 15) is 18.0 Å². The van der Waals surface area contributed by atoms with Crippen molar-refractivity contribution in [2.24, 2.45) is 0 Å². The highest BCUT2D eigenvalue weighted by Gasteiger charge is 2.35. The number of benzene rings is 1. The molecular formula is C15H11F3N4O. The molecule has 0 atom stereocenters. The molecule has 8 heteroatoms. The Labute approximate surface area is 129 Å². The maximum absolute atomic E-state index is 13.0. The molecule has 0 aliphatic heterocycles. The summed E-state index contributed by atoms with van der Waals surface area (Å²) < 4.78 is 38.9. The van der Waals surface area contributed by atoms with Gasteiger partial charge in [-0.25, -0.2) is 4.98 Å². The van der Waals surface area contributed by atoms with E-state index >= 15 is 0 Å². The minimum absolute atomic E-state index is 0.0628. The lowest BCUT2D eigenvalue weighted by Gasteiger charge is -2.14. The molecule has 2 aromatic rings. The molecule has 5 nitrogen and oxygen atoms in total. The van der Waals surface area contributed by atoms with E-state index in [1.54, 1.807) is 18.2 Å². The lowest BCUT2D eigenvalue weighted by atomic mass is 10.1. The summed E-state index contributed by atoms with van der Waals surface area (Å²) >= 11 is 0. The second-order valence-electron chi connectivity index (χ2n) is 4.59. The summed E-state index contributed by atoms with van der Waals surface area (Å²) in [6.45, 7) is 1.36. The van der Waals surface area contributed by atoms with Crippen LogP contribution in [0.5, 0.6) is 0 Å². The Kier molecular flexibility index (Phi) is 4.50. The van der Waals surface area contributed by atoms with Crippen molar-refractivity contribution in [2.75, 3.05) is 5.43 Å². The molecule has 118 valence electrons. The minimum atomic E-state index is -4.70. The van der Waals surface area contributed by atoms with E-state index in [0.29, 0.717) is 5.56 Å². The number of amides is 1. The van der Waals surface area contributed by atoms with Gasteiger partial charge in [-0.3, -0.25) is 15.6 Å². The summed E-state index contributed by atoms with van der Waals surface area (Å²) in [5, 5.41) is 8.99. The molecule has 23 heavy (non-hydrogen) atoms. The van der Waals surface area contributed by atoms with Crippen molar-refractivity contribution in [3.05, 3.63) is 58.8 Å². The number of nitriles is 1. The SMILES string of the molecule is Cc1cc(C(F)(F)F)c(C#N)c(NNC(=O)c2ccccc2)n1. The van der Waals surface area contributed by atoms with Crippen LogP contribution in [0.15, 0.2) is 36.4 Å². The molecule has 0 unspecified atom stereocenters. The normalized spacial score (nSPS) is 10.7. The fourth-order valence-electron chi connectivity index (χ4n) is 1.88. The van der Waals surface area contributed by atoms with Gasteiger partial charge in [0.1, 0.15) is 11.6 Å². The van der Waals surface area contributed by atoms with E-state index < -0.39 is 23.2 Å².